The van der Waals surface area contributed by atoms with Crippen molar-refractivity contribution in [2.75, 3.05) is 0 Å². The number of benzene rings is 8. The maximum Gasteiger partial charge on any atom is 0.159 e. The van der Waals surface area contributed by atoms with Gasteiger partial charge in [0.15, 0.2) is 5.84 Å². The topological polar surface area (TPSA) is 54.8 Å². The van der Waals surface area contributed by atoms with E-state index in [9.17, 15) is 0 Å². The Morgan fingerprint density at radius 3 is 1.96 bits per heavy atom. The van der Waals surface area contributed by atoms with Crippen LogP contribution in [0, 0.1) is 0 Å². The summed E-state index contributed by atoms with van der Waals surface area (Å²) in [6, 6.07) is 64.4. The number of furan rings is 1. The van der Waals surface area contributed by atoms with Gasteiger partial charge in [0.1, 0.15) is 23.2 Å². The van der Waals surface area contributed by atoms with Crippen molar-refractivity contribution in [2.24, 2.45) is 9.98 Å². The fourth-order valence-electron chi connectivity index (χ4n) is 8.61. The molecule has 1 unspecified atom stereocenters. The van der Waals surface area contributed by atoms with Crippen molar-refractivity contribution in [2.45, 2.75) is 6.17 Å². The summed E-state index contributed by atoms with van der Waals surface area (Å²) in [6.45, 7) is 0. The van der Waals surface area contributed by atoms with E-state index >= 15 is 0 Å². The van der Waals surface area contributed by atoms with E-state index < -0.39 is 0 Å². The number of nitrogens with zero attached hydrogens (tertiary/aromatic N) is 3. The quantitative estimate of drug-likeness (QED) is 0.191. The number of aromatic nitrogens is 1. The van der Waals surface area contributed by atoms with Gasteiger partial charge in [0.2, 0.25) is 0 Å². The van der Waals surface area contributed by atoms with E-state index in [1.807, 2.05) is 47.7 Å². The Kier molecular flexibility index (Phi) is 7.09. The molecule has 268 valence electrons. The molecule has 6 heteroatoms. The van der Waals surface area contributed by atoms with Crippen molar-refractivity contribution in [1.29, 1.82) is 0 Å². The van der Waals surface area contributed by atoms with E-state index in [4.69, 9.17) is 14.4 Å². The highest BCUT2D eigenvalue weighted by molar-refractivity contribution is 7.25. The van der Waals surface area contributed by atoms with E-state index in [2.05, 4.69) is 155 Å². The molecule has 4 heterocycles. The van der Waals surface area contributed by atoms with E-state index in [-0.39, 0.29) is 6.17 Å². The zero-order valence-corrected chi connectivity index (χ0v) is 31.4. The molecule has 57 heavy (non-hydrogen) atoms. The van der Waals surface area contributed by atoms with Gasteiger partial charge in [0, 0.05) is 64.6 Å². The summed E-state index contributed by atoms with van der Waals surface area (Å²) in [5.41, 5.74) is 10.6. The molecule has 1 aliphatic heterocycles. The van der Waals surface area contributed by atoms with Crippen LogP contribution in [0.5, 0.6) is 0 Å². The number of hydrogen-bond acceptors (Lipinski definition) is 5. The Morgan fingerprint density at radius 1 is 0.509 bits per heavy atom. The Hall–Kier alpha value is -7.28. The van der Waals surface area contributed by atoms with Crippen LogP contribution in [0.1, 0.15) is 22.9 Å². The Balaban J connectivity index is 0.966. The Bertz CT molecular complexity index is 3390. The standard InChI is InChI=1S/C51H32N4OS/c1-3-12-31(13-4-1)49-52-50(32-14-5-2-6-15-32)54-51(53-49)34-23-27-47-41(29-34)40-28-33(22-26-46(40)57-47)36-18-11-21-44-48(36)39-25-24-35(30-45(39)56-44)55-42-19-9-7-16-37(42)38-17-8-10-20-43(38)55/h1-30,51H,(H,52,53,54). The molecule has 8 aromatic carbocycles. The van der Waals surface area contributed by atoms with Gasteiger partial charge in [-0.2, -0.15) is 0 Å². The normalized spacial score (nSPS) is 14.5. The molecule has 1 aliphatic rings. The average Bonchev–Trinajstić information content (AvgIpc) is 3.95. The number of nitrogens with one attached hydrogen (secondary N) is 1. The molecule has 0 radical (unpaired) electrons. The predicted molar refractivity (Wildman–Crippen MR) is 238 cm³/mol. The average molecular weight is 749 g/mol. The number of para-hydroxylation sites is 2. The van der Waals surface area contributed by atoms with Crippen LogP contribution in [-0.4, -0.2) is 16.2 Å². The van der Waals surface area contributed by atoms with Gasteiger partial charge < -0.3 is 14.3 Å². The Morgan fingerprint density at radius 2 is 1.19 bits per heavy atom. The minimum Gasteiger partial charge on any atom is -0.456 e. The number of fused-ring (bicyclic) bond motifs is 9. The maximum absolute atomic E-state index is 6.64. The number of aliphatic imine (C=N–C) groups is 2. The highest BCUT2D eigenvalue weighted by Crippen LogP contribution is 2.42. The summed E-state index contributed by atoms with van der Waals surface area (Å²) < 4.78 is 11.5. The zero-order valence-electron chi connectivity index (χ0n) is 30.6. The predicted octanol–water partition coefficient (Wildman–Crippen LogP) is 13.2. The van der Waals surface area contributed by atoms with Crippen LogP contribution in [0.25, 0.3) is 80.7 Å². The van der Waals surface area contributed by atoms with E-state index in [1.165, 1.54) is 42.0 Å². The lowest BCUT2D eigenvalue weighted by molar-refractivity contribution is 0.668. The van der Waals surface area contributed by atoms with Gasteiger partial charge in [-0.3, -0.25) is 0 Å². The third-order valence-electron chi connectivity index (χ3n) is 11.3. The first-order chi connectivity index (χ1) is 28.2. The van der Waals surface area contributed by atoms with Gasteiger partial charge in [-0.05, 0) is 71.3 Å². The van der Waals surface area contributed by atoms with E-state index in [0.717, 1.165) is 67.1 Å². The van der Waals surface area contributed by atoms with Crippen LogP contribution in [0.2, 0.25) is 0 Å². The largest absolute Gasteiger partial charge is 0.456 e. The summed E-state index contributed by atoms with van der Waals surface area (Å²) in [6.07, 6.45) is -0.297. The zero-order chi connectivity index (χ0) is 37.5. The second kappa shape index (κ2) is 12.6. The van der Waals surface area contributed by atoms with Crippen molar-refractivity contribution in [3.8, 4) is 16.8 Å². The first kappa shape index (κ1) is 32.0. The third kappa shape index (κ3) is 5.15. The van der Waals surface area contributed by atoms with Crippen LogP contribution in [0.15, 0.2) is 196 Å². The molecule has 0 saturated heterocycles. The van der Waals surface area contributed by atoms with Crippen molar-refractivity contribution in [3.63, 3.8) is 0 Å². The minimum atomic E-state index is -0.297. The monoisotopic (exact) mass is 748 g/mol. The molecule has 1 N–H and O–H groups in total. The van der Waals surface area contributed by atoms with Gasteiger partial charge in [-0.15, -0.1) is 11.3 Å². The molecule has 0 aliphatic carbocycles. The maximum atomic E-state index is 6.64. The molecular formula is C51H32N4OS. The molecule has 11 aromatic rings. The van der Waals surface area contributed by atoms with Crippen LogP contribution >= 0.6 is 11.3 Å². The van der Waals surface area contributed by atoms with Crippen molar-refractivity contribution < 1.29 is 4.42 Å². The molecular weight excluding hydrogens is 717 g/mol. The van der Waals surface area contributed by atoms with Gasteiger partial charge in [-0.25, -0.2) is 9.98 Å². The van der Waals surface area contributed by atoms with Gasteiger partial charge in [0.05, 0.1) is 11.0 Å². The summed E-state index contributed by atoms with van der Waals surface area (Å²) in [5, 5.41) is 10.8. The molecule has 0 saturated carbocycles. The highest BCUT2D eigenvalue weighted by Gasteiger charge is 2.22. The number of rotatable bonds is 5. The molecule has 0 amide bonds. The van der Waals surface area contributed by atoms with Crippen LogP contribution < -0.4 is 5.32 Å². The van der Waals surface area contributed by atoms with Crippen LogP contribution in [0.3, 0.4) is 0 Å². The number of thiophene rings is 1. The van der Waals surface area contributed by atoms with Gasteiger partial charge >= 0.3 is 0 Å². The molecule has 5 nitrogen and oxygen atoms in total. The summed E-state index contributed by atoms with van der Waals surface area (Å²) in [5.74, 6) is 1.54. The lowest BCUT2D eigenvalue weighted by atomic mass is 9.97. The second-order valence-electron chi connectivity index (χ2n) is 14.6. The molecule has 0 fully saturated rings. The molecule has 1 atom stereocenters. The van der Waals surface area contributed by atoms with Crippen molar-refractivity contribution in [3.05, 3.63) is 199 Å². The number of hydrogen-bond donors (Lipinski definition) is 1. The molecule has 3 aromatic heterocycles. The SMILES string of the molecule is c1ccc(C2=NC(c3ccc4sc5ccc(-c6cccc7oc8cc(-n9c%10ccccc%10c%10ccccc%109)ccc8c67)cc5c4c3)NC(c3ccccc3)=N2)cc1. The third-order valence-corrected chi connectivity index (χ3v) is 12.4. The molecule has 0 bridgehead atoms. The van der Waals surface area contributed by atoms with E-state index in [0.29, 0.717) is 0 Å². The lowest BCUT2D eigenvalue weighted by Gasteiger charge is -2.23. The molecule has 0 spiro atoms. The van der Waals surface area contributed by atoms with Gasteiger partial charge in [0.25, 0.3) is 0 Å². The highest BCUT2D eigenvalue weighted by atomic mass is 32.1. The van der Waals surface area contributed by atoms with Crippen molar-refractivity contribution >= 4 is 86.9 Å². The lowest BCUT2D eigenvalue weighted by Crippen LogP contribution is -2.33. The van der Waals surface area contributed by atoms with Crippen LogP contribution in [0.4, 0.5) is 0 Å². The first-order valence-corrected chi connectivity index (χ1v) is 20.0. The fraction of sp³-hybridized carbons (Fsp3) is 0.0196. The fourth-order valence-corrected chi connectivity index (χ4v) is 9.67. The summed E-state index contributed by atoms with van der Waals surface area (Å²) >= 11 is 1.82. The van der Waals surface area contributed by atoms with Crippen LogP contribution in [-0.2, 0) is 0 Å². The smallest absolute Gasteiger partial charge is 0.159 e. The van der Waals surface area contributed by atoms with Gasteiger partial charge in [-0.1, -0.05) is 121 Å². The molecule has 12 rings (SSSR count). The first-order valence-electron chi connectivity index (χ1n) is 19.2. The second-order valence-corrected chi connectivity index (χ2v) is 15.7. The Labute approximate surface area is 331 Å². The van der Waals surface area contributed by atoms with Crippen molar-refractivity contribution in [1.82, 2.24) is 9.88 Å². The summed E-state index contributed by atoms with van der Waals surface area (Å²) in [7, 11) is 0. The van der Waals surface area contributed by atoms with E-state index in [1.54, 1.807) is 0 Å². The summed E-state index contributed by atoms with van der Waals surface area (Å²) in [4.78, 5) is 10.1. The minimum absolute atomic E-state index is 0.297. The number of amidine groups is 2.